The lowest BCUT2D eigenvalue weighted by molar-refractivity contribution is 0.584. The molecule has 0 fully saturated rings. The van der Waals surface area contributed by atoms with Crippen LogP contribution in [0.5, 0.6) is 0 Å². The van der Waals surface area contributed by atoms with Crippen molar-refractivity contribution in [3.63, 3.8) is 0 Å². The molecule has 0 saturated heterocycles. The number of hydrogen-bond acceptors (Lipinski definition) is 2. The second kappa shape index (κ2) is 5.47. The summed E-state index contributed by atoms with van der Waals surface area (Å²) < 4.78 is 13.6. The van der Waals surface area contributed by atoms with Crippen molar-refractivity contribution in [1.29, 1.82) is 0 Å². The molecule has 0 amide bonds. The number of anilines is 1. The molecule has 88 valence electrons. The number of halogens is 3. The summed E-state index contributed by atoms with van der Waals surface area (Å²) in [5.74, 6) is -0.487. The molecule has 17 heavy (non-hydrogen) atoms. The van der Waals surface area contributed by atoms with Crippen molar-refractivity contribution in [2.24, 2.45) is 0 Å². The predicted octanol–water partition coefficient (Wildman–Crippen LogP) is 4.25. The Labute approximate surface area is 112 Å². The molecular weight excluding hydrogens is 307 g/mol. The summed E-state index contributed by atoms with van der Waals surface area (Å²) in [4.78, 5) is 3.56. The number of hydrogen-bond donors (Lipinski definition) is 1. The number of rotatable bonds is 3. The zero-order valence-corrected chi connectivity index (χ0v) is 11.1. The molecule has 1 heterocycles. The Morgan fingerprint density at radius 3 is 2.82 bits per heavy atom. The topological polar surface area (TPSA) is 24.9 Å². The van der Waals surface area contributed by atoms with Crippen molar-refractivity contribution in [2.45, 2.75) is 6.54 Å². The van der Waals surface area contributed by atoms with Crippen LogP contribution in [-0.2, 0) is 6.54 Å². The summed E-state index contributed by atoms with van der Waals surface area (Å²) in [6.45, 7) is 0.592. The fourth-order valence-electron chi connectivity index (χ4n) is 1.36. The number of nitrogens with zero attached hydrogens (tertiary/aromatic N) is 1. The van der Waals surface area contributed by atoms with Crippen LogP contribution in [-0.4, -0.2) is 4.98 Å². The van der Waals surface area contributed by atoms with Crippen LogP contribution in [0.4, 0.5) is 10.1 Å². The van der Waals surface area contributed by atoms with Crippen molar-refractivity contribution in [3.8, 4) is 0 Å². The van der Waals surface area contributed by atoms with E-state index in [1.807, 2.05) is 18.2 Å². The molecule has 0 aliphatic carbocycles. The van der Waals surface area contributed by atoms with E-state index >= 15 is 0 Å². The van der Waals surface area contributed by atoms with Crippen LogP contribution < -0.4 is 5.32 Å². The van der Waals surface area contributed by atoms with Gasteiger partial charge in [0.25, 0.3) is 0 Å². The zero-order valence-electron chi connectivity index (χ0n) is 8.75. The van der Waals surface area contributed by atoms with Crippen molar-refractivity contribution < 1.29 is 4.39 Å². The van der Waals surface area contributed by atoms with E-state index in [-0.39, 0.29) is 0 Å². The minimum atomic E-state index is -0.487. The fourth-order valence-corrected chi connectivity index (χ4v) is 1.94. The van der Waals surface area contributed by atoms with E-state index in [1.165, 1.54) is 12.3 Å². The van der Waals surface area contributed by atoms with Crippen molar-refractivity contribution in [2.75, 3.05) is 5.32 Å². The van der Waals surface area contributed by atoms with Crippen LogP contribution in [0.3, 0.4) is 0 Å². The minimum absolute atomic E-state index is 0.487. The molecular formula is C12H9BrClFN2. The molecule has 0 unspecified atom stereocenters. The van der Waals surface area contributed by atoms with E-state index in [4.69, 9.17) is 11.6 Å². The molecule has 0 bridgehead atoms. The first-order valence-corrected chi connectivity index (χ1v) is 6.11. The lowest BCUT2D eigenvalue weighted by atomic mass is 10.2. The van der Waals surface area contributed by atoms with Crippen LogP contribution in [0.2, 0.25) is 5.02 Å². The number of benzene rings is 1. The van der Waals surface area contributed by atoms with Gasteiger partial charge in [0, 0.05) is 16.0 Å². The molecule has 0 atom stereocenters. The number of pyridine rings is 1. The Hall–Kier alpha value is -1.13. The van der Waals surface area contributed by atoms with Gasteiger partial charge in [-0.1, -0.05) is 27.5 Å². The van der Waals surface area contributed by atoms with E-state index in [1.54, 1.807) is 6.07 Å². The van der Waals surface area contributed by atoms with Gasteiger partial charge in [0.05, 0.1) is 11.9 Å². The van der Waals surface area contributed by atoms with Gasteiger partial charge < -0.3 is 5.32 Å². The van der Waals surface area contributed by atoms with E-state index < -0.39 is 5.95 Å². The van der Waals surface area contributed by atoms with E-state index in [2.05, 4.69) is 26.2 Å². The van der Waals surface area contributed by atoms with Crippen LogP contribution >= 0.6 is 27.5 Å². The summed E-state index contributed by atoms with van der Waals surface area (Å²) in [6, 6.07) is 8.53. The molecule has 0 aliphatic rings. The molecule has 5 heteroatoms. The second-order valence-electron chi connectivity index (χ2n) is 3.46. The Morgan fingerprint density at radius 1 is 1.29 bits per heavy atom. The molecule has 1 aromatic carbocycles. The summed E-state index contributed by atoms with van der Waals surface area (Å²) in [5, 5.41) is 3.82. The van der Waals surface area contributed by atoms with Crippen molar-refractivity contribution in [1.82, 2.24) is 4.98 Å². The SMILES string of the molecule is Fc1ccc(NCc2cc(Cl)ccc2Br)cn1. The van der Waals surface area contributed by atoms with Gasteiger partial charge in [0.2, 0.25) is 5.95 Å². The third-order valence-electron chi connectivity index (χ3n) is 2.22. The minimum Gasteiger partial charge on any atom is -0.380 e. The van der Waals surface area contributed by atoms with Gasteiger partial charge in [-0.05, 0) is 35.9 Å². The molecule has 1 aromatic heterocycles. The highest BCUT2D eigenvalue weighted by molar-refractivity contribution is 9.10. The monoisotopic (exact) mass is 314 g/mol. The Bertz CT molecular complexity index is 516. The van der Waals surface area contributed by atoms with Gasteiger partial charge in [-0.25, -0.2) is 4.98 Å². The third kappa shape index (κ3) is 3.41. The van der Waals surface area contributed by atoms with Crippen molar-refractivity contribution in [3.05, 3.63) is 57.5 Å². The van der Waals surface area contributed by atoms with E-state index in [0.29, 0.717) is 11.6 Å². The second-order valence-corrected chi connectivity index (χ2v) is 4.75. The average molecular weight is 316 g/mol. The maximum atomic E-state index is 12.6. The lowest BCUT2D eigenvalue weighted by Crippen LogP contribution is -2.00. The Kier molecular flexibility index (Phi) is 3.97. The summed E-state index contributed by atoms with van der Waals surface area (Å²) >= 11 is 9.35. The standard InChI is InChI=1S/C12H9BrClFN2/c13-11-3-1-9(14)5-8(11)6-16-10-2-4-12(15)17-7-10/h1-5,7,16H,6H2. The predicted molar refractivity (Wildman–Crippen MR) is 70.7 cm³/mol. The molecule has 2 rings (SSSR count). The van der Waals surface area contributed by atoms with Crippen LogP contribution in [0.1, 0.15) is 5.56 Å². The smallest absolute Gasteiger partial charge is 0.212 e. The number of nitrogens with one attached hydrogen (secondary N) is 1. The zero-order chi connectivity index (χ0) is 12.3. The average Bonchev–Trinajstić information content (AvgIpc) is 2.32. The van der Waals surface area contributed by atoms with Crippen LogP contribution in [0.15, 0.2) is 41.0 Å². The van der Waals surface area contributed by atoms with Gasteiger partial charge in [0.1, 0.15) is 0 Å². The van der Waals surface area contributed by atoms with Gasteiger partial charge in [-0.2, -0.15) is 4.39 Å². The van der Waals surface area contributed by atoms with E-state index in [9.17, 15) is 4.39 Å². The van der Waals surface area contributed by atoms with Gasteiger partial charge in [-0.15, -0.1) is 0 Å². The fraction of sp³-hybridized carbons (Fsp3) is 0.0833. The Morgan fingerprint density at radius 2 is 2.12 bits per heavy atom. The summed E-state index contributed by atoms with van der Waals surface area (Å²) in [7, 11) is 0. The van der Waals surface area contributed by atoms with Gasteiger partial charge in [-0.3, -0.25) is 0 Å². The molecule has 2 aromatic rings. The highest BCUT2D eigenvalue weighted by atomic mass is 79.9. The largest absolute Gasteiger partial charge is 0.380 e. The molecule has 2 nitrogen and oxygen atoms in total. The van der Waals surface area contributed by atoms with Crippen LogP contribution in [0, 0.1) is 5.95 Å². The molecule has 0 saturated carbocycles. The first kappa shape index (κ1) is 12.3. The lowest BCUT2D eigenvalue weighted by Gasteiger charge is -2.08. The molecule has 1 N–H and O–H groups in total. The molecule has 0 spiro atoms. The summed E-state index contributed by atoms with van der Waals surface area (Å²) in [6.07, 6.45) is 1.45. The van der Waals surface area contributed by atoms with Gasteiger partial charge >= 0.3 is 0 Å². The molecule has 0 aliphatic heterocycles. The number of aromatic nitrogens is 1. The maximum Gasteiger partial charge on any atom is 0.212 e. The normalized spacial score (nSPS) is 10.3. The first-order chi connectivity index (χ1) is 8.15. The quantitative estimate of drug-likeness (QED) is 0.857. The highest BCUT2D eigenvalue weighted by Crippen LogP contribution is 2.22. The Balaban J connectivity index is 2.07. The van der Waals surface area contributed by atoms with Gasteiger partial charge in [0.15, 0.2) is 0 Å². The van der Waals surface area contributed by atoms with E-state index in [0.717, 1.165) is 15.7 Å². The highest BCUT2D eigenvalue weighted by Gasteiger charge is 2.01. The third-order valence-corrected chi connectivity index (χ3v) is 3.23. The maximum absolute atomic E-state index is 12.6. The molecule has 0 radical (unpaired) electrons. The van der Waals surface area contributed by atoms with Crippen LogP contribution in [0.25, 0.3) is 0 Å². The van der Waals surface area contributed by atoms with Crippen molar-refractivity contribution >= 4 is 33.2 Å². The first-order valence-electron chi connectivity index (χ1n) is 4.94. The summed E-state index contributed by atoms with van der Waals surface area (Å²) in [5.41, 5.74) is 1.79.